The highest BCUT2D eigenvalue weighted by Crippen LogP contribution is 2.33. The molecule has 1 fully saturated rings. The van der Waals surface area contributed by atoms with Crippen LogP contribution in [-0.4, -0.2) is 27.5 Å². The predicted molar refractivity (Wildman–Crippen MR) is 115 cm³/mol. The monoisotopic (exact) mass is 395 g/mol. The zero-order chi connectivity index (χ0) is 20.3. The molecule has 5 nitrogen and oxygen atoms in total. The minimum Gasteiger partial charge on any atom is -0.337 e. The van der Waals surface area contributed by atoms with Crippen LogP contribution in [0.3, 0.4) is 0 Å². The maximum atomic E-state index is 13.2. The van der Waals surface area contributed by atoms with E-state index >= 15 is 0 Å². The van der Waals surface area contributed by atoms with Crippen LogP contribution in [0, 0.1) is 0 Å². The lowest BCUT2D eigenvalue weighted by atomic mass is 10.0. The minimum atomic E-state index is -0.184. The molecule has 0 aliphatic carbocycles. The van der Waals surface area contributed by atoms with E-state index < -0.39 is 0 Å². The van der Waals surface area contributed by atoms with Crippen molar-refractivity contribution < 1.29 is 9.32 Å². The van der Waals surface area contributed by atoms with E-state index in [1.165, 1.54) is 0 Å². The van der Waals surface area contributed by atoms with Gasteiger partial charge in [0.1, 0.15) is 6.04 Å². The zero-order valence-corrected chi connectivity index (χ0v) is 16.4. The van der Waals surface area contributed by atoms with Gasteiger partial charge in [0.05, 0.1) is 0 Å². The van der Waals surface area contributed by atoms with Crippen LogP contribution in [0.2, 0.25) is 0 Å². The van der Waals surface area contributed by atoms with Gasteiger partial charge in [-0.25, -0.2) is 0 Å². The number of benzene rings is 3. The number of carbonyl (C=O) groups excluding carboxylic acids is 1. The van der Waals surface area contributed by atoms with Crippen LogP contribution >= 0.6 is 0 Å². The van der Waals surface area contributed by atoms with Gasteiger partial charge in [-0.15, -0.1) is 0 Å². The molecule has 0 spiro atoms. The zero-order valence-electron chi connectivity index (χ0n) is 16.4. The Hall–Kier alpha value is -3.73. The van der Waals surface area contributed by atoms with Gasteiger partial charge in [-0.2, -0.15) is 4.98 Å². The normalized spacial score (nSPS) is 16.0. The van der Waals surface area contributed by atoms with E-state index in [2.05, 4.69) is 22.3 Å². The summed E-state index contributed by atoms with van der Waals surface area (Å²) >= 11 is 0. The van der Waals surface area contributed by atoms with Crippen molar-refractivity contribution in [1.82, 2.24) is 15.0 Å². The van der Waals surface area contributed by atoms with E-state index in [-0.39, 0.29) is 11.9 Å². The van der Waals surface area contributed by atoms with Gasteiger partial charge in [-0.3, -0.25) is 4.79 Å². The Bertz CT molecular complexity index is 1140. The number of rotatable bonds is 4. The largest absolute Gasteiger partial charge is 0.337 e. The summed E-state index contributed by atoms with van der Waals surface area (Å²) in [5.74, 6) is 1.05. The maximum Gasteiger partial charge on any atom is 0.254 e. The van der Waals surface area contributed by atoms with Crippen LogP contribution in [-0.2, 0) is 0 Å². The highest BCUT2D eigenvalue weighted by atomic mass is 16.5. The molecule has 0 bridgehead atoms. The summed E-state index contributed by atoms with van der Waals surface area (Å²) in [7, 11) is 0. The number of hydrogen-bond acceptors (Lipinski definition) is 4. The highest BCUT2D eigenvalue weighted by Gasteiger charge is 2.34. The Balaban J connectivity index is 1.36. The smallest absolute Gasteiger partial charge is 0.254 e. The first kappa shape index (κ1) is 18.3. The van der Waals surface area contributed by atoms with Gasteiger partial charge in [-0.1, -0.05) is 78.0 Å². The molecule has 1 aromatic heterocycles. The van der Waals surface area contributed by atoms with E-state index in [4.69, 9.17) is 4.52 Å². The average Bonchev–Trinajstić information content (AvgIpc) is 3.50. The Labute approximate surface area is 175 Å². The van der Waals surface area contributed by atoms with Gasteiger partial charge in [0.15, 0.2) is 0 Å². The molecule has 4 aromatic rings. The molecule has 5 heteroatoms. The van der Waals surface area contributed by atoms with Crippen LogP contribution in [0.5, 0.6) is 0 Å². The number of likely N-dealkylation sites (tertiary alicyclic amines) is 1. The first-order valence-electron chi connectivity index (χ1n) is 10.1. The molecule has 1 atom stereocenters. The summed E-state index contributed by atoms with van der Waals surface area (Å²) < 4.78 is 5.54. The lowest BCUT2D eigenvalue weighted by molar-refractivity contribution is 0.0710. The van der Waals surface area contributed by atoms with Crippen molar-refractivity contribution in [2.24, 2.45) is 0 Å². The first-order chi connectivity index (χ1) is 14.8. The fourth-order valence-corrected chi connectivity index (χ4v) is 3.94. The second-order valence-electron chi connectivity index (χ2n) is 7.42. The molecule has 3 aromatic carbocycles. The molecule has 0 radical (unpaired) electrons. The third kappa shape index (κ3) is 3.50. The number of hydrogen-bond donors (Lipinski definition) is 0. The van der Waals surface area contributed by atoms with E-state index in [1.807, 2.05) is 77.7 Å². The lowest BCUT2D eigenvalue weighted by Crippen LogP contribution is -2.30. The van der Waals surface area contributed by atoms with E-state index in [1.54, 1.807) is 0 Å². The third-order valence-corrected chi connectivity index (χ3v) is 5.51. The number of carbonyl (C=O) groups is 1. The number of nitrogens with zero attached hydrogens (tertiary/aromatic N) is 3. The SMILES string of the molecule is O=C(c1ccc(-c2ccccc2)cc1)N1CCC[C@H]1c1nc(-c2ccccc2)no1. The summed E-state index contributed by atoms with van der Waals surface area (Å²) in [5, 5.41) is 4.12. The standard InChI is InChI=1S/C25H21N3O2/c29-25(21-15-13-19(14-16-21)18-8-3-1-4-9-18)28-17-7-12-22(28)24-26-23(27-30-24)20-10-5-2-6-11-20/h1-6,8-11,13-16,22H,7,12,17H2/t22-/m0/s1. The van der Waals surface area contributed by atoms with Gasteiger partial charge in [0.25, 0.3) is 5.91 Å². The van der Waals surface area contributed by atoms with Gasteiger partial charge in [0, 0.05) is 17.7 Å². The Morgan fingerprint density at radius 3 is 2.17 bits per heavy atom. The molecule has 1 aliphatic heterocycles. The van der Waals surface area contributed by atoms with E-state index in [9.17, 15) is 4.79 Å². The van der Waals surface area contributed by atoms with Crippen molar-refractivity contribution in [3.63, 3.8) is 0 Å². The van der Waals surface area contributed by atoms with Crippen molar-refractivity contribution >= 4 is 5.91 Å². The Kier molecular flexibility index (Phi) is 4.85. The van der Waals surface area contributed by atoms with Crippen molar-refractivity contribution in [1.29, 1.82) is 0 Å². The Morgan fingerprint density at radius 2 is 1.47 bits per heavy atom. The molecule has 1 aliphatic rings. The molecule has 148 valence electrons. The molecule has 0 N–H and O–H groups in total. The van der Waals surface area contributed by atoms with E-state index in [0.29, 0.717) is 23.8 Å². The molecule has 0 unspecified atom stereocenters. The number of aromatic nitrogens is 2. The van der Waals surface area contributed by atoms with Crippen LogP contribution in [0.25, 0.3) is 22.5 Å². The minimum absolute atomic E-state index is 0.00317. The number of amides is 1. The highest BCUT2D eigenvalue weighted by molar-refractivity contribution is 5.95. The van der Waals surface area contributed by atoms with Crippen LogP contribution in [0.15, 0.2) is 89.5 Å². The molecular weight excluding hydrogens is 374 g/mol. The van der Waals surface area contributed by atoms with Crippen molar-refractivity contribution in [2.45, 2.75) is 18.9 Å². The molecule has 0 saturated carbocycles. The van der Waals surface area contributed by atoms with Crippen molar-refractivity contribution in [3.05, 3.63) is 96.4 Å². The topological polar surface area (TPSA) is 59.2 Å². The fourth-order valence-electron chi connectivity index (χ4n) is 3.94. The molecule has 30 heavy (non-hydrogen) atoms. The summed E-state index contributed by atoms with van der Waals surface area (Å²) in [5.41, 5.74) is 3.80. The summed E-state index contributed by atoms with van der Waals surface area (Å²) in [6, 6.07) is 27.5. The Morgan fingerprint density at radius 1 is 0.833 bits per heavy atom. The third-order valence-electron chi connectivity index (χ3n) is 5.51. The second-order valence-corrected chi connectivity index (χ2v) is 7.42. The summed E-state index contributed by atoms with van der Waals surface area (Å²) in [6.07, 6.45) is 1.74. The van der Waals surface area contributed by atoms with Gasteiger partial charge in [0.2, 0.25) is 11.7 Å². The summed E-state index contributed by atoms with van der Waals surface area (Å²) in [6.45, 7) is 0.687. The lowest BCUT2D eigenvalue weighted by Gasteiger charge is -2.22. The average molecular weight is 395 g/mol. The van der Waals surface area contributed by atoms with Crippen molar-refractivity contribution in [2.75, 3.05) is 6.54 Å². The molecular formula is C25H21N3O2. The second kappa shape index (κ2) is 7.95. The summed E-state index contributed by atoms with van der Waals surface area (Å²) in [4.78, 5) is 19.6. The quantitative estimate of drug-likeness (QED) is 0.465. The van der Waals surface area contributed by atoms with Crippen molar-refractivity contribution in [3.8, 4) is 22.5 Å². The first-order valence-corrected chi connectivity index (χ1v) is 10.1. The maximum absolute atomic E-state index is 13.2. The van der Waals surface area contributed by atoms with Gasteiger partial charge in [-0.05, 0) is 36.1 Å². The predicted octanol–water partition coefficient (Wildman–Crippen LogP) is 5.38. The van der Waals surface area contributed by atoms with E-state index in [0.717, 1.165) is 29.5 Å². The van der Waals surface area contributed by atoms with Crippen LogP contribution in [0.1, 0.15) is 35.1 Å². The molecule has 2 heterocycles. The van der Waals surface area contributed by atoms with Crippen LogP contribution < -0.4 is 0 Å². The molecule has 5 rings (SSSR count). The molecule has 1 saturated heterocycles. The fraction of sp³-hybridized carbons (Fsp3) is 0.160. The molecule has 1 amide bonds. The van der Waals surface area contributed by atoms with Crippen LogP contribution in [0.4, 0.5) is 0 Å². The van der Waals surface area contributed by atoms with Gasteiger partial charge < -0.3 is 9.42 Å². The van der Waals surface area contributed by atoms with Gasteiger partial charge >= 0.3 is 0 Å².